The molecular formula is C26H30N4O3. The lowest BCUT2D eigenvalue weighted by Gasteiger charge is -2.41. The van der Waals surface area contributed by atoms with E-state index in [4.69, 9.17) is 9.47 Å². The number of aromatic nitrogens is 2. The van der Waals surface area contributed by atoms with Crippen LogP contribution in [0.3, 0.4) is 0 Å². The molecule has 7 nitrogen and oxygen atoms in total. The van der Waals surface area contributed by atoms with E-state index in [0.717, 1.165) is 53.3 Å². The van der Waals surface area contributed by atoms with Gasteiger partial charge in [-0.25, -0.2) is 0 Å². The number of carbonyl (C=O) groups excluding carboxylic acids is 1. The zero-order valence-electron chi connectivity index (χ0n) is 19.4. The SMILES string of the molecule is COc1ccc2c(c1)NC1(COC3(CCN(C(=O)c4cc(C)[nH]c4C)CC3)C1)c1cccn1-2. The maximum absolute atomic E-state index is 13.1. The fourth-order valence-electron chi connectivity index (χ4n) is 5.98. The lowest BCUT2D eigenvalue weighted by Crippen LogP contribution is -2.48. The Balaban J connectivity index is 1.24. The minimum atomic E-state index is -0.288. The van der Waals surface area contributed by atoms with Gasteiger partial charge in [0.15, 0.2) is 0 Å². The van der Waals surface area contributed by atoms with E-state index in [2.05, 4.69) is 45.3 Å². The fourth-order valence-corrected chi connectivity index (χ4v) is 5.98. The Morgan fingerprint density at radius 1 is 1.15 bits per heavy atom. The summed E-state index contributed by atoms with van der Waals surface area (Å²) in [5.41, 5.74) is 5.65. The van der Waals surface area contributed by atoms with Gasteiger partial charge in [-0.3, -0.25) is 4.79 Å². The van der Waals surface area contributed by atoms with Gasteiger partial charge in [-0.15, -0.1) is 0 Å². The zero-order chi connectivity index (χ0) is 22.8. The number of aryl methyl sites for hydroxylation is 2. The van der Waals surface area contributed by atoms with E-state index in [-0.39, 0.29) is 17.0 Å². The van der Waals surface area contributed by atoms with Gasteiger partial charge in [0.05, 0.1) is 41.9 Å². The number of ether oxygens (including phenoxy) is 2. The summed E-state index contributed by atoms with van der Waals surface area (Å²) < 4.78 is 14.3. The molecule has 1 amide bonds. The van der Waals surface area contributed by atoms with E-state index in [1.54, 1.807) is 7.11 Å². The van der Waals surface area contributed by atoms with Crippen molar-refractivity contribution in [1.29, 1.82) is 0 Å². The Hall–Kier alpha value is -3.19. The van der Waals surface area contributed by atoms with Gasteiger partial charge >= 0.3 is 0 Å². The van der Waals surface area contributed by atoms with E-state index >= 15 is 0 Å². The first-order chi connectivity index (χ1) is 15.9. The molecule has 7 heteroatoms. The first-order valence-corrected chi connectivity index (χ1v) is 11.7. The van der Waals surface area contributed by atoms with Gasteiger partial charge in [0, 0.05) is 43.2 Å². The molecule has 2 aromatic heterocycles. The first kappa shape index (κ1) is 20.4. The Morgan fingerprint density at radius 3 is 2.70 bits per heavy atom. The molecule has 0 bridgehead atoms. The van der Waals surface area contributed by atoms with Crippen LogP contribution in [0.5, 0.6) is 5.75 Å². The number of likely N-dealkylation sites (tertiary alicyclic amines) is 1. The smallest absolute Gasteiger partial charge is 0.255 e. The highest BCUT2D eigenvalue weighted by Crippen LogP contribution is 2.50. The number of piperidine rings is 1. The molecule has 6 rings (SSSR count). The van der Waals surface area contributed by atoms with Crippen molar-refractivity contribution < 1.29 is 14.3 Å². The summed E-state index contributed by atoms with van der Waals surface area (Å²) in [6, 6.07) is 12.4. The van der Waals surface area contributed by atoms with Crippen molar-refractivity contribution in [3.63, 3.8) is 0 Å². The van der Waals surface area contributed by atoms with Crippen molar-refractivity contribution in [3.8, 4) is 11.4 Å². The molecule has 2 spiro atoms. The topological polar surface area (TPSA) is 71.5 Å². The number of nitrogens with zero attached hydrogens (tertiary/aromatic N) is 2. The van der Waals surface area contributed by atoms with Crippen molar-refractivity contribution >= 4 is 11.6 Å². The standard InChI is InChI=1S/C26H30N4O3/c1-17-13-20(18(2)27-17)24(31)29-11-8-25(9-12-29)15-26(16-33-25)23-5-4-10-30(23)22-7-6-19(32-3)14-21(22)28-26/h4-7,10,13-14,27-28H,8-9,11-12,15-16H2,1-3H3. The van der Waals surface area contributed by atoms with Crippen LogP contribution in [0.25, 0.3) is 5.69 Å². The average Bonchev–Trinajstić information content (AvgIpc) is 3.52. The van der Waals surface area contributed by atoms with Gasteiger partial charge in [0.25, 0.3) is 5.91 Å². The minimum Gasteiger partial charge on any atom is -0.497 e. The molecule has 33 heavy (non-hydrogen) atoms. The van der Waals surface area contributed by atoms with Crippen LogP contribution in [-0.2, 0) is 10.3 Å². The molecule has 0 radical (unpaired) electrons. The third-order valence-corrected chi connectivity index (χ3v) is 7.67. The van der Waals surface area contributed by atoms with Crippen LogP contribution >= 0.6 is 0 Å². The van der Waals surface area contributed by atoms with Crippen molar-refractivity contribution in [2.45, 2.75) is 44.2 Å². The predicted octanol–water partition coefficient (Wildman–Crippen LogP) is 4.15. The van der Waals surface area contributed by atoms with Gasteiger partial charge in [-0.2, -0.15) is 0 Å². The van der Waals surface area contributed by atoms with Gasteiger partial charge in [0.1, 0.15) is 11.3 Å². The summed E-state index contributed by atoms with van der Waals surface area (Å²) in [5, 5.41) is 3.82. The lowest BCUT2D eigenvalue weighted by atomic mass is 9.79. The summed E-state index contributed by atoms with van der Waals surface area (Å²) in [7, 11) is 1.69. The molecule has 2 N–H and O–H groups in total. The highest BCUT2D eigenvalue weighted by molar-refractivity contribution is 5.95. The van der Waals surface area contributed by atoms with Crippen LogP contribution in [0.15, 0.2) is 42.6 Å². The molecule has 2 fully saturated rings. The number of aromatic amines is 1. The predicted molar refractivity (Wildman–Crippen MR) is 126 cm³/mol. The second-order valence-corrected chi connectivity index (χ2v) is 9.79. The second kappa shape index (κ2) is 7.15. The zero-order valence-corrected chi connectivity index (χ0v) is 19.4. The van der Waals surface area contributed by atoms with E-state index < -0.39 is 0 Å². The number of carbonyl (C=O) groups is 1. The number of rotatable bonds is 2. The van der Waals surface area contributed by atoms with Crippen molar-refractivity contribution in [1.82, 2.24) is 14.5 Å². The van der Waals surface area contributed by atoms with Gasteiger partial charge < -0.3 is 29.2 Å². The number of H-pyrrole nitrogens is 1. The van der Waals surface area contributed by atoms with Crippen LogP contribution in [0, 0.1) is 13.8 Å². The van der Waals surface area contributed by atoms with E-state index in [0.29, 0.717) is 19.7 Å². The number of nitrogens with one attached hydrogen (secondary N) is 2. The number of hydrogen-bond acceptors (Lipinski definition) is 4. The summed E-state index contributed by atoms with van der Waals surface area (Å²) in [4.78, 5) is 18.3. The van der Waals surface area contributed by atoms with Crippen LogP contribution in [0.4, 0.5) is 5.69 Å². The average molecular weight is 447 g/mol. The first-order valence-electron chi connectivity index (χ1n) is 11.7. The summed E-state index contributed by atoms with van der Waals surface area (Å²) in [6.45, 7) is 5.99. The van der Waals surface area contributed by atoms with Crippen LogP contribution in [-0.4, -0.2) is 52.8 Å². The van der Waals surface area contributed by atoms with Gasteiger partial charge in [0.2, 0.25) is 0 Å². The summed E-state index contributed by atoms with van der Waals surface area (Å²) in [5.74, 6) is 0.952. The molecule has 1 atom stereocenters. The molecule has 172 valence electrons. The van der Waals surface area contributed by atoms with Crippen LogP contribution in [0.1, 0.15) is 46.7 Å². The highest BCUT2D eigenvalue weighted by Gasteiger charge is 2.54. The molecule has 5 heterocycles. The number of anilines is 1. The Bertz CT molecular complexity index is 1230. The molecule has 2 saturated heterocycles. The van der Waals surface area contributed by atoms with Crippen LogP contribution < -0.4 is 10.1 Å². The molecule has 3 aliphatic rings. The molecule has 0 saturated carbocycles. The molecular weight excluding hydrogens is 416 g/mol. The Labute approximate surface area is 193 Å². The summed E-state index contributed by atoms with van der Waals surface area (Å²) >= 11 is 0. The minimum absolute atomic E-state index is 0.116. The fraction of sp³-hybridized carbons (Fsp3) is 0.423. The molecule has 3 aliphatic heterocycles. The maximum Gasteiger partial charge on any atom is 0.255 e. The largest absolute Gasteiger partial charge is 0.497 e. The third kappa shape index (κ3) is 3.09. The lowest BCUT2D eigenvalue weighted by molar-refractivity contribution is -0.0392. The van der Waals surface area contributed by atoms with Crippen molar-refractivity contribution in [2.75, 3.05) is 32.1 Å². The van der Waals surface area contributed by atoms with E-state index in [9.17, 15) is 4.79 Å². The highest BCUT2D eigenvalue weighted by atomic mass is 16.5. The van der Waals surface area contributed by atoms with Crippen molar-refractivity contribution in [3.05, 3.63) is 65.2 Å². The van der Waals surface area contributed by atoms with Crippen LogP contribution in [0.2, 0.25) is 0 Å². The number of amides is 1. The third-order valence-electron chi connectivity index (χ3n) is 7.67. The Kier molecular flexibility index (Phi) is 4.43. The number of fused-ring (bicyclic) bond motifs is 4. The molecule has 0 aliphatic carbocycles. The number of benzene rings is 1. The van der Waals surface area contributed by atoms with E-state index in [1.807, 2.05) is 30.9 Å². The second-order valence-electron chi connectivity index (χ2n) is 9.79. The molecule has 3 aromatic rings. The van der Waals surface area contributed by atoms with Gasteiger partial charge in [-0.05, 0) is 57.0 Å². The number of hydrogen-bond donors (Lipinski definition) is 2. The van der Waals surface area contributed by atoms with E-state index in [1.165, 1.54) is 5.69 Å². The maximum atomic E-state index is 13.1. The Morgan fingerprint density at radius 2 is 1.97 bits per heavy atom. The normalized spacial score (nSPS) is 22.8. The quantitative estimate of drug-likeness (QED) is 0.621. The number of methoxy groups -OCH3 is 1. The van der Waals surface area contributed by atoms with Gasteiger partial charge in [-0.1, -0.05) is 0 Å². The molecule has 1 unspecified atom stereocenters. The monoisotopic (exact) mass is 446 g/mol. The van der Waals surface area contributed by atoms with Crippen molar-refractivity contribution in [2.24, 2.45) is 0 Å². The molecule has 1 aromatic carbocycles. The summed E-state index contributed by atoms with van der Waals surface area (Å²) in [6.07, 6.45) is 4.69.